The van der Waals surface area contributed by atoms with Crippen molar-refractivity contribution in [1.82, 2.24) is 4.98 Å². The molecule has 2 bridgehead atoms. The fraction of sp³-hybridized carbons (Fsp3) is 0.632. The van der Waals surface area contributed by atoms with Crippen LogP contribution in [0.1, 0.15) is 41.0 Å². The molecule has 2 heterocycles. The Balaban J connectivity index is 1.85. The maximum atomic E-state index is 13.0. The lowest BCUT2D eigenvalue weighted by molar-refractivity contribution is -0.141. The number of carbonyl (C=O) groups excluding carboxylic acids is 2. The van der Waals surface area contributed by atoms with E-state index in [2.05, 4.69) is 4.98 Å². The summed E-state index contributed by atoms with van der Waals surface area (Å²) in [4.78, 5) is 29.3. The predicted octanol–water partition coefficient (Wildman–Crippen LogP) is 2.83. The second kappa shape index (κ2) is 8.67. The van der Waals surface area contributed by atoms with E-state index >= 15 is 0 Å². The summed E-state index contributed by atoms with van der Waals surface area (Å²) in [7, 11) is 1.46. The number of hydrogen-bond donors (Lipinski definition) is 0. The molecule has 3 atom stereocenters. The van der Waals surface area contributed by atoms with Crippen LogP contribution in [-0.2, 0) is 31.8 Å². The van der Waals surface area contributed by atoms with Gasteiger partial charge in [0.15, 0.2) is 5.78 Å². The first-order valence-electron chi connectivity index (χ1n) is 9.14. The van der Waals surface area contributed by atoms with E-state index in [1.54, 1.807) is 0 Å². The first kappa shape index (κ1) is 20.9. The first-order valence-corrected chi connectivity index (χ1v) is 9.14. The number of methoxy groups -OCH3 is 1. The van der Waals surface area contributed by atoms with E-state index in [1.807, 2.05) is 0 Å². The van der Waals surface area contributed by atoms with E-state index in [1.165, 1.54) is 7.11 Å². The van der Waals surface area contributed by atoms with Crippen LogP contribution in [0.4, 0.5) is 13.2 Å². The van der Waals surface area contributed by atoms with Gasteiger partial charge < -0.3 is 14.2 Å². The molecular weight excluding hydrogens is 379 g/mol. The number of ether oxygens (including phenoxy) is 3. The molecule has 3 unspecified atom stereocenters. The molecule has 9 heteroatoms. The third kappa shape index (κ3) is 4.59. The zero-order valence-electron chi connectivity index (χ0n) is 15.5. The number of Topliss-reactive ketones (excluding diaryl/α,β-unsaturated/α-hetero) is 2. The number of fused-ring (bicyclic) bond motifs is 2. The molecule has 0 amide bonds. The Morgan fingerprint density at radius 1 is 1.29 bits per heavy atom. The normalized spacial score (nSPS) is 25.0. The summed E-state index contributed by atoms with van der Waals surface area (Å²) in [6.07, 6.45) is -2.62. The molecule has 154 valence electrons. The number of aromatic nitrogens is 1. The van der Waals surface area contributed by atoms with Crippen LogP contribution in [-0.4, -0.2) is 49.6 Å². The van der Waals surface area contributed by atoms with Gasteiger partial charge >= 0.3 is 6.18 Å². The van der Waals surface area contributed by atoms with Crippen molar-refractivity contribution in [3.63, 3.8) is 0 Å². The summed E-state index contributed by atoms with van der Waals surface area (Å²) in [5, 5.41) is 0. The van der Waals surface area contributed by atoms with Crippen LogP contribution in [0, 0.1) is 11.8 Å². The van der Waals surface area contributed by atoms with Gasteiger partial charge in [0.1, 0.15) is 17.4 Å². The molecule has 1 aromatic heterocycles. The van der Waals surface area contributed by atoms with Gasteiger partial charge in [-0.2, -0.15) is 13.2 Å². The highest BCUT2D eigenvalue weighted by atomic mass is 19.4. The summed E-state index contributed by atoms with van der Waals surface area (Å²) < 4.78 is 54.9. The molecule has 2 aliphatic rings. The van der Waals surface area contributed by atoms with Gasteiger partial charge in [0, 0.05) is 18.6 Å². The summed E-state index contributed by atoms with van der Waals surface area (Å²) >= 11 is 0. The van der Waals surface area contributed by atoms with Crippen LogP contribution in [0.15, 0.2) is 12.1 Å². The van der Waals surface area contributed by atoms with Gasteiger partial charge in [0.05, 0.1) is 38.2 Å². The lowest BCUT2D eigenvalue weighted by atomic mass is 9.86. The van der Waals surface area contributed by atoms with Gasteiger partial charge in [-0.25, -0.2) is 4.98 Å². The van der Waals surface area contributed by atoms with Gasteiger partial charge in [0.2, 0.25) is 0 Å². The van der Waals surface area contributed by atoms with Gasteiger partial charge in [-0.15, -0.1) is 0 Å². The molecule has 0 N–H and O–H groups in total. The Bertz CT molecular complexity index is 737. The Morgan fingerprint density at radius 3 is 2.79 bits per heavy atom. The molecule has 2 fully saturated rings. The van der Waals surface area contributed by atoms with E-state index in [0.717, 1.165) is 18.6 Å². The van der Waals surface area contributed by atoms with Crippen molar-refractivity contribution < 1.29 is 37.0 Å². The van der Waals surface area contributed by atoms with Crippen LogP contribution in [0.25, 0.3) is 0 Å². The zero-order chi connectivity index (χ0) is 20.3. The highest BCUT2D eigenvalue weighted by Crippen LogP contribution is 2.35. The fourth-order valence-electron chi connectivity index (χ4n) is 3.65. The summed E-state index contributed by atoms with van der Waals surface area (Å²) in [5.74, 6) is -2.02. The topological polar surface area (TPSA) is 74.7 Å². The van der Waals surface area contributed by atoms with E-state index in [9.17, 15) is 22.8 Å². The molecule has 6 nitrogen and oxygen atoms in total. The largest absolute Gasteiger partial charge is 0.433 e. The van der Waals surface area contributed by atoms with E-state index in [4.69, 9.17) is 14.2 Å². The minimum atomic E-state index is -4.65. The minimum Gasteiger partial charge on any atom is -0.382 e. The van der Waals surface area contributed by atoms with Crippen LogP contribution >= 0.6 is 0 Å². The molecule has 28 heavy (non-hydrogen) atoms. The number of carbonyl (C=O) groups is 2. The van der Waals surface area contributed by atoms with E-state index in [-0.39, 0.29) is 55.5 Å². The average Bonchev–Trinajstić information content (AvgIpc) is 3.06. The van der Waals surface area contributed by atoms with Crippen LogP contribution < -0.4 is 0 Å². The number of ketones is 2. The SMILES string of the molecule is COCCOCc1nc(C(F)(F)F)ccc1C(=O)C1COC2CCC(C2)C1=O. The number of halogens is 3. The van der Waals surface area contributed by atoms with Crippen LogP contribution in [0.2, 0.25) is 0 Å². The Labute approximate surface area is 160 Å². The summed E-state index contributed by atoms with van der Waals surface area (Å²) in [6, 6.07) is 1.82. The molecule has 0 aromatic carbocycles. The van der Waals surface area contributed by atoms with Gasteiger partial charge in [-0.1, -0.05) is 0 Å². The second-order valence-electron chi connectivity index (χ2n) is 7.02. The summed E-state index contributed by atoms with van der Waals surface area (Å²) in [5.41, 5.74) is -1.29. The number of rotatable bonds is 7. The highest BCUT2D eigenvalue weighted by molar-refractivity contribution is 6.12. The highest BCUT2D eigenvalue weighted by Gasteiger charge is 2.42. The third-order valence-corrected chi connectivity index (χ3v) is 5.15. The standard InChI is InChI=1S/C19H22F3NO5/c1-26-6-7-27-10-15-13(4-5-16(23-15)19(20,21)22)18(25)14-9-28-12-3-2-11(8-12)17(14)24/h4-5,11-12,14H,2-3,6-10H2,1H3. The molecule has 0 spiro atoms. The van der Waals surface area contributed by atoms with Crippen molar-refractivity contribution in [2.45, 2.75) is 38.1 Å². The van der Waals surface area contributed by atoms with Gasteiger partial charge in [-0.05, 0) is 31.4 Å². The van der Waals surface area contributed by atoms with Gasteiger partial charge in [-0.3, -0.25) is 9.59 Å². The molecule has 1 saturated carbocycles. The van der Waals surface area contributed by atoms with Crippen molar-refractivity contribution in [2.24, 2.45) is 11.8 Å². The molecule has 1 aromatic rings. The second-order valence-corrected chi connectivity index (χ2v) is 7.02. The number of pyridine rings is 1. The molecule has 1 saturated heterocycles. The lowest BCUT2D eigenvalue weighted by Gasteiger charge is -2.19. The average molecular weight is 401 g/mol. The number of hydrogen-bond acceptors (Lipinski definition) is 6. The quantitative estimate of drug-likeness (QED) is 0.397. The van der Waals surface area contributed by atoms with Crippen molar-refractivity contribution >= 4 is 11.6 Å². The Kier molecular flexibility index (Phi) is 6.47. The molecular formula is C19H22F3NO5. The van der Waals surface area contributed by atoms with Crippen LogP contribution in [0.3, 0.4) is 0 Å². The fourth-order valence-corrected chi connectivity index (χ4v) is 3.65. The molecule has 1 aliphatic carbocycles. The van der Waals surface area contributed by atoms with Crippen molar-refractivity contribution in [2.75, 3.05) is 26.9 Å². The lowest BCUT2D eigenvalue weighted by Crippen LogP contribution is -2.33. The molecule has 1 aliphatic heterocycles. The molecule has 3 rings (SSSR count). The van der Waals surface area contributed by atoms with Gasteiger partial charge in [0.25, 0.3) is 0 Å². The first-order chi connectivity index (χ1) is 13.3. The smallest absolute Gasteiger partial charge is 0.382 e. The Morgan fingerprint density at radius 2 is 2.07 bits per heavy atom. The maximum Gasteiger partial charge on any atom is 0.433 e. The number of nitrogens with zero attached hydrogens (tertiary/aromatic N) is 1. The van der Waals surface area contributed by atoms with E-state index in [0.29, 0.717) is 12.8 Å². The number of alkyl halides is 3. The maximum absolute atomic E-state index is 13.0. The van der Waals surface area contributed by atoms with Crippen LogP contribution in [0.5, 0.6) is 0 Å². The zero-order valence-corrected chi connectivity index (χ0v) is 15.5. The monoisotopic (exact) mass is 401 g/mol. The van der Waals surface area contributed by atoms with Crippen molar-refractivity contribution in [3.05, 3.63) is 29.1 Å². The third-order valence-electron chi connectivity index (χ3n) is 5.15. The predicted molar refractivity (Wildman–Crippen MR) is 90.7 cm³/mol. The van der Waals surface area contributed by atoms with Crippen molar-refractivity contribution in [1.29, 1.82) is 0 Å². The summed E-state index contributed by atoms with van der Waals surface area (Å²) in [6.45, 7) is 0.0452. The Hall–Kier alpha value is -1.84. The minimum absolute atomic E-state index is 0.0330. The van der Waals surface area contributed by atoms with Crippen molar-refractivity contribution in [3.8, 4) is 0 Å². The molecule has 0 radical (unpaired) electrons. The van der Waals surface area contributed by atoms with E-state index < -0.39 is 23.6 Å².